The number of hydrogen-bond donors (Lipinski definition) is 1. The Labute approximate surface area is 98.8 Å². The minimum Gasteiger partial charge on any atom is -0.330 e. The van der Waals surface area contributed by atoms with Crippen LogP contribution in [0.4, 0.5) is 0 Å². The second-order valence-electron chi connectivity index (χ2n) is 4.02. The first-order chi connectivity index (χ1) is 7.70. The lowest BCUT2D eigenvalue weighted by Gasteiger charge is -2.34. The van der Waals surface area contributed by atoms with Gasteiger partial charge in [0.05, 0.1) is 11.7 Å². The number of aromatic nitrogens is 3. The molecule has 1 aliphatic rings. The Hall–Kier alpha value is -0.880. The Kier molecular flexibility index (Phi) is 3.60. The van der Waals surface area contributed by atoms with Crippen molar-refractivity contribution in [1.82, 2.24) is 15.0 Å². The van der Waals surface area contributed by atoms with E-state index < -0.39 is 0 Å². The van der Waals surface area contributed by atoms with Gasteiger partial charge in [0.1, 0.15) is 0 Å². The highest BCUT2D eigenvalue weighted by Gasteiger charge is 2.34. The summed E-state index contributed by atoms with van der Waals surface area (Å²) in [7, 11) is 0. The van der Waals surface area contributed by atoms with Crippen LogP contribution in [0.1, 0.15) is 31.5 Å². The van der Waals surface area contributed by atoms with Gasteiger partial charge in [-0.1, -0.05) is 17.0 Å². The summed E-state index contributed by atoms with van der Waals surface area (Å²) in [5.41, 5.74) is 6.39. The number of thioether (sulfide) groups is 1. The van der Waals surface area contributed by atoms with E-state index >= 15 is 0 Å². The Morgan fingerprint density at radius 3 is 3.06 bits per heavy atom. The minimum atomic E-state index is 0.178. The van der Waals surface area contributed by atoms with Crippen molar-refractivity contribution in [2.45, 2.75) is 37.5 Å². The zero-order valence-corrected chi connectivity index (χ0v) is 10.1. The van der Waals surface area contributed by atoms with Gasteiger partial charge in [0.2, 0.25) is 0 Å². The summed E-state index contributed by atoms with van der Waals surface area (Å²) in [5.74, 6) is 0. The molecular formula is C10H16N4OS. The molecule has 0 aromatic carbocycles. The molecule has 2 unspecified atom stereocenters. The van der Waals surface area contributed by atoms with Crippen LogP contribution in [0.2, 0.25) is 0 Å². The van der Waals surface area contributed by atoms with Gasteiger partial charge in [0, 0.05) is 24.8 Å². The van der Waals surface area contributed by atoms with Gasteiger partial charge < -0.3 is 5.73 Å². The van der Waals surface area contributed by atoms with E-state index in [4.69, 9.17) is 5.73 Å². The van der Waals surface area contributed by atoms with Crippen LogP contribution in [0.3, 0.4) is 0 Å². The van der Waals surface area contributed by atoms with Crippen LogP contribution in [0.15, 0.2) is 6.20 Å². The van der Waals surface area contributed by atoms with E-state index in [1.165, 1.54) is 11.8 Å². The molecule has 2 atom stereocenters. The first-order valence-electron chi connectivity index (χ1n) is 5.48. The Morgan fingerprint density at radius 2 is 2.50 bits per heavy atom. The highest BCUT2D eigenvalue weighted by molar-refractivity contribution is 8.14. The summed E-state index contributed by atoms with van der Waals surface area (Å²) < 4.78 is 1.88. The molecule has 1 aliphatic carbocycles. The van der Waals surface area contributed by atoms with Crippen molar-refractivity contribution < 1.29 is 4.79 Å². The molecular weight excluding hydrogens is 224 g/mol. The monoisotopic (exact) mass is 240 g/mol. The number of rotatable bonds is 4. The molecule has 0 aliphatic heterocycles. The van der Waals surface area contributed by atoms with Gasteiger partial charge in [-0.3, -0.25) is 4.79 Å². The fraction of sp³-hybridized carbons (Fsp3) is 0.700. The molecule has 6 heteroatoms. The van der Waals surface area contributed by atoms with Gasteiger partial charge in [-0.05, 0) is 19.4 Å². The first kappa shape index (κ1) is 11.6. The van der Waals surface area contributed by atoms with Crippen molar-refractivity contribution in [3.63, 3.8) is 0 Å². The predicted molar refractivity (Wildman–Crippen MR) is 63.1 cm³/mol. The number of carbonyl (C=O) groups is 1. The number of nitrogens with zero attached hydrogens (tertiary/aromatic N) is 3. The van der Waals surface area contributed by atoms with Crippen LogP contribution in [-0.2, 0) is 11.2 Å². The predicted octanol–water partition coefficient (Wildman–Crippen LogP) is 0.762. The van der Waals surface area contributed by atoms with Gasteiger partial charge in [0.15, 0.2) is 5.12 Å². The fourth-order valence-electron chi connectivity index (χ4n) is 1.84. The molecule has 0 radical (unpaired) electrons. The summed E-state index contributed by atoms with van der Waals surface area (Å²) in [4.78, 5) is 11.0. The Balaban J connectivity index is 1.98. The van der Waals surface area contributed by atoms with E-state index in [2.05, 4.69) is 10.3 Å². The average Bonchev–Trinajstić information content (AvgIpc) is 2.61. The van der Waals surface area contributed by atoms with E-state index in [0.717, 1.165) is 25.0 Å². The van der Waals surface area contributed by atoms with Crippen molar-refractivity contribution >= 4 is 16.9 Å². The van der Waals surface area contributed by atoms with Gasteiger partial charge in [-0.25, -0.2) is 4.68 Å². The SMILES string of the molecule is CC(=O)SC1CCC1n1cc(CCN)nn1. The molecule has 1 aromatic heterocycles. The molecule has 5 nitrogen and oxygen atoms in total. The summed E-state index contributed by atoms with van der Waals surface area (Å²) in [6, 6.07) is 0.327. The van der Waals surface area contributed by atoms with Crippen molar-refractivity contribution in [3.8, 4) is 0 Å². The first-order valence-corrected chi connectivity index (χ1v) is 6.36. The summed E-state index contributed by atoms with van der Waals surface area (Å²) in [5, 5.41) is 8.71. The molecule has 0 amide bonds. The van der Waals surface area contributed by atoms with E-state index in [-0.39, 0.29) is 5.12 Å². The number of carbonyl (C=O) groups excluding carboxylic acids is 1. The van der Waals surface area contributed by atoms with E-state index in [0.29, 0.717) is 17.8 Å². The van der Waals surface area contributed by atoms with Crippen LogP contribution in [-0.4, -0.2) is 31.9 Å². The lowest BCUT2D eigenvalue weighted by Crippen LogP contribution is -2.32. The van der Waals surface area contributed by atoms with Crippen molar-refractivity contribution in [2.75, 3.05) is 6.54 Å². The molecule has 2 N–H and O–H groups in total. The molecule has 16 heavy (non-hydrogen) atoms. The molecule has 2 rings (SSSR count). The van der Waals surface area contributed by atoms with Gasteiger partial charge in [-0.15, -0.1) is 5.10 Å². The van der Waals surface area contributed by atoms with E-state index in [1.807, 2.05) is 10.9 Å². The largest absolute Gasteiger partial charge is 0.330 e. The lowest BCUT2D eigenvalue weighted by atomic mass is 9.92. The van der Waals surface area contributed by atoms with Gasteiger partial charge >= 0.3 is 0 Å². The summed E-state index contributed by atoms with van der Waals surface area (Å²) in [6.45, 7) is 2.20. The molecule has 1 fully saturated rings. The van der Waals surface area contributed by atoms with Crippen molar-refractivity contribution in [1.29, 1.82) is 0 Å². The standard InChI is InChI=1S/C10H16N4OS/c1-7(15)16-10-3-2-9(10)14-6-8(4-5-11)12-13-14/h6,9-10H,2-5,11H2,1H3. The third kappa shape index (κ3) is 2.44. The molecule has 1 aromatic rings. The fourth-order valence-corrected chi connectivity index (χ4v) is 2.94. The zero-order valence-electron chi connectivity index (χ0n) is 9.30. The molecule has 1 saturated carbocycles. The quantitative estimate of drug-likeness (QED) is 0.841. The Bertz CT molecular complexity index is 379. The second-order valence-corrected chi connectivity index (χ2v) is 5.44. The third-order valence-corrected chi connectivity index (χ3v) is 3.98. The van der Waals surface area contributed by atoms with Gasteiger partial charge in [-0.2, -0.15) is 0 Å². The molecule has 88 valence electrons. The van der Waals surface area contributed by atoms with Crippen LogP contribution < -0.4 is 5.73 Å². The number of hydrogen-bond acceptors (Lipinski definition) is 5. The van der Waals surface area contributed by atoms with Crippen LogP contribution >= 0.6 is 11.8 Å². The second kappa shape index (κ2) is 4.97. The maximum Gasteiger partial charge on any atom is 0.186 e. The van der Waals surface area contributed by atoms with E-state index in [1.54, 1.807) is 6.92 Å². The van der Waals surface area contributed by atoms with Crippen LogP contribution in [0, 0.1) is 0 Å². The maximum absolute atomic E-state index is 11.0. The van der Waals surface area contributed by atoms with Crippen molar-refractivity contribution in [3.05, 3.63) is 11.9 Å². The zero-order chi connectivity index (χ0) is 11.5. The Morgan fingerprint density at radius 1 is 1.69 bits per heavy atom. The minimum absolute atomic E-state index is 0.178. The summed E-state index contributed by atoms with van der Waals surface area (Å²) >= 11 is 1.41. The average molecular weight is 240 g/mol. The highest BCUT2D eigenvalue weighted by atomic mass is 32.2. The number of nitrogens with two attached hydrogens (primary N) is 1. The van der Waals surface area contributed by atoms with Crippen LogP contribution in [0.5, 0.6) is 0 Å². The highest BCUT2D eigenvalue weighted by Crippen LogP contribution is 2.40. The molecule has 0 saturated heterocycles. The summed E-state index contributed by atoms with van der Waals surface area (Å²) in [6.07, 6.45) is 4.87. The van der Waals surface area contributed by atoms with E-state index in [9.17, 15) is 4.79 Å². The van der Waals surface area contributed by atoms with Crippen molar-refractivity contribution in [2.24, 2.45) is 5.73 Å². The smallest absolute Gasteiger partial charge is 0.186 e. The lowest BCUT2D eigenvalue weighted by molar-refractivity contribution is -0.109. The molecule has 1 heterocycles. The van der Waals surface area contributed by atoms with Crippen LogP contribution in [0.25, 0.3) is 0 Å². The normalized spacial score (nSPS) is 24.1. The van der Waals surface area contributed by atoms with Gasteiger partial charge in [0.25, 0.3) is 0 Å². The third-order valence-electron chi connectivity index (χ3n) is 2.79. The topological polar surface area (TPSA) is 73.8 Å². The molecule has 0 bridgehead atoms. The maximum atomic E-state index is 11.0. The molecule has 0 spiro atoms.